The summed E-state index contributed by atoms with van der Waals surface area (Å²) in [5.74, 6) is -1.90. The van der Waals surface area contributed by atoms with E-state index >= 15 is 0 Å². The molecule has 3 aromatic carbocycles. The molecule has 3 amide bonds. The zero-order valence-electron chi connectivity index (χ0n) is 17.7. The maximum absolute atomic E-state index is 13.9. The molecule has 0 saturated heterocycles. The minimum Gasteiger partial charge on any atom is -0.377 e. The first kappa shape index (κ1) is 23.1. The van der Waals surface area contributed by atoms with Gasteiger partial charge in [-0.15, -0.1) is 0 Å². The Bertz CT molecular complexity index is 1390. The van der Waals surface area contributed by atoms with E-state index < -0.39 is 53.7 Å². The predicted molar refractivity (Wildman–Crippen MR) is 120 cm³/mol. The fourth-order valence-corrected chi connectivity index (χ4v) is 4.71. The standard InChI is InChI=1S/C24H16ClF4N3O3/c25-16-6-4-11(26)8-14(16)20-19-13(21(33)31-20)2-1-3-17(19)30-23(34)32-10-24(35,22(28)29)15-9-12(27)5-7-18(15)32/h1-9,20,22,35H,10H2,(H,30,34)(H,31,33)/t20-,24-/m0/s1. The van der Waals surface area contributed by atoms with Crippen LogP contribution in [0.3, 0.4) is 0 Å². The molecule has 2 atom stereocenters. The van der Waals surface area contributed by atoms with E-state index in [-0.39, 0.29) is 27.5 Å². The lowest BCUT2D eigenvalue weighted by Crippen LogP contribution is -2.43. The molecule has 0 fully saturated rings. The van der Waals surface area contributed by atoms with Gasteiger partial charge in [-0.2, -0.15) is 0 Å². The monoisotopic (exact) mass is 505 g/mol. The Balaban J connectivity index is 1.53. The summed E-state index contributed by atoms with van der Waals surface area (Å²) < 4.78 is 55.1. The summed E-state index contributed by atoms with van der Waals surface area (Å²) in [6, 6.07) is 9.25. The SMILES string of the molecule is O=C1N[C@@H](c2cc(F)ccc2Cl)c2c(NC(=O)N3C[C@@](O)(C(F)F)c4cc(F)ccc43)cccc21. The molecular weight excluding hydrogens is 490 g/mol. The molecule has 0 aromatic heterocycles. The van der Waals surface area contributed by atoms with E-state index in [1.54, 1.807) is 0 Å². The van der Waals surface area contributed by atoms with Crippen molar-refractivity contribution in [1.29, 1.82) is 0 Å². The number of fused-ring (bicyclic) bond motifs is 2. The quantitative estimate of drug-likeness (QED) is 0.440. The molecule has 6 nitrogen and oxygen atoms in total. The first-order valence-corrected chi connectivity index (χ1v) is 10.8. The number of nitrogens with one attached hydrogen (secondary N) is 2. The number of aliphatic hydroxyl groups is 1. The Morgan fingerprint density at radius 3 is 2.60 bits per heavy atom. The lowest BCUT2D eigenvalue weighted by atomic mass is 9.96. The fraction of sp³-hybridized carbons (Fsp3) is 0.167. The Morgan fingerprint density at radius 1 is 1.14 bits per heavy atom. The highest BCUT2D eigenvalue weighted by atomic mass is 35.5. The average Bonchev–Trinajstić information content (AvgIpc) is 3.31. The molecule has 0 bridgehead atoms. The highest BCUT2D eigenvalue weighted by molar-refractivity contribution is 6.31. The summed E-state index contributed by atoms with van der Waals surface area (Å²) in [5, 5.41) is 16.0. The van der Waals surface area contributed by atoms with E-state index in [9.17, 15) is 32.3 Å². The molecule has 5 rings (SSSR count). The van der Waals surface area contributed by atoms with E-state index in [2.05, 4.69) is 10.6 Å². The second-order valence-corrected chi connectivity index (χ2v) is 8.65. The molecule has 0 spiro atoms. The van der Waals surface area contributed by atoms with Crippen molar-refractivity contribution in [2.75, 3.05) is 16.8 Å². The molecule has 11 heteroatoms. The van der Waals surface area contributed by atoms with Crippen LogP contribution in [0.15, 0.2) is 54.6 Å². The van der Waals surface area contributed by atoms with Crippen LogP contribution in [0.1, 0.15) is 33.1 Å². The molecule has 0 saturated carbocycles. The zero-order valence-corrected chi connectivity index (χ0v) is 18.4. The van der Waals surface area contributed by atoms with Crippen LogP contribution in [0.2, 0.25) is 5.02 Å². The minimum atomic E-state index is -3.29. The molecule has 2 aliphatic heterocycles. The van der Waals surface area contributed by atoms with Gasteiger partial charge in [-0.25, -0.2) is 22.4 Å². The van der Waals surface area contributed by atoms with Crippen molar-refractivity contribution >= 4 is 34.9 Å². The van der Waals surface area contributed by atoms with Gasteiger partial charge in [0.25, 0.3) is 12.3 Å². The Morgan fingerprint density at radius 2 is 1.86 bits per heavy atom. The van der Waals surface area contributed by atoms with E-state index in [4.69, 9.17) is 11.6 Å². The van der Waals surface area contributed by atoms with Gasteiger partial charge in [-0.1, -0.05) is 17.7 Å². The number of β-amino-alcohol motifs (C(OH)–C–C–N with tert-alkyl or cyclic N) is 1. The van der Waals surface area contributed by atoms with Crippen LogP contribution in [0.4, 0.5) is 33.7 Å². The topological polar surface area (TPSA) is 81.7 Å². The smallest absolute Gasteiger partial charge is 0.326 e. The first-order valence-electron chi connectivity index (χ1n) is 10.4. The molecule has 0 radical (unpaired) electrons. The summed E-state index contributed by atoms with van der Waals surface area (Å²) in [4.78, 5) is 26.6. The minimum absolute atomic E-state index is 0.0850. The lowest BCUT2D eigenvalue weighted by Gasteiger charge is -2.24. The summed E-state index contributed by atoms with van der Waals surface area (Å²) in [6.45, 7) is -0.819. The van der Waals surface area contributed by atoms with Gasteiger partial charge >= 0.3 is 6.03 Å². The van der Waals surface area contributed by atoms with Gasteiger partial charge in [0.05, 0.1) is 18.3 Å². The maximum Gasteiger partial charge on any atom is 0.326 e. The van der Waals surface area contributed by atoms with Crippen LogP contribution in [0.5, 0.6) is 0 Å². The molecule has 3 aromatic rings. The number of hydrogen-bond acceptors (Lipinski definition) is 3. The number of benzene rings is 3. The third-order valence-corrected chi connectivity index (χ3v) is 6.49. The first-order chi connectivity index (χ1) is 16.6. The summed E-state index contributed by atoms with van der Waals surface area (Å²) in [5.41, 5.74) is -2.34. The maximum atomic E-state index is 13.9. The molecule has 3 N–H and O–H groups in total. The van der Waals surface area contributed by atoms with Crippen molar-refractivity contribution in [2.24, 2.45) is 0 Å². The number of rotatable bonds is 3. The number of carbonyl (C=O) groups excluding carboxylic acids is 2. The molecular formula is C24H16ClF4N3O3. The molecule has 35 heavy (non-hydrogen) atoms. The third-order valence-electron chi connectivity index (χ3n) is 6.15. The number of urea groups is 1. The third kappa shape index (κ3) is 3.69. The molecule has 2 heterocycles. The number of amides is 3. The summed E-state index contributed by atoms with van der Waals surface area (Å²) >= 11 is 6.24. The van der Waals surface area contributed by atoms with Crippen LogP contribution >= 0.6 is 11.6 Å². The predicted octanol–water partition coefficient (Wildman–Crippen LogP) is 4.96. The summed E-state index contributed by atoms with van der Waals surface area (Å²) in [7, 11) is 0. The second kappa shape index (κ2) is 8.24. The van der Waals surface area contributed by atoms with Crippen LogP contribution in [-0.4, -0.2) is 30.0 Å². The molecule has 2 aliphatic rings. The van der Waals surface area contributed by atoms with Crippen molar-refractivity contribution in [3.63, 3.8) is 0 Å². The van der Waals surface area contributed by atoms with Crippen LogP contribution in [0, 0.1) is 11.6 Å². The van der Waals surface area contributed by atoms with Gasteiger partial charge in [0, 0.05) is 33.0 Å². The molecule has 0 unspecified atom stereocenters. The average molecular weight is 506 g/mol. The zero-order chi connectivity index (χ0) is 25.1. The number of halogens is 5. The number of anilines is 2. The van der Waals surface area contributed by atoms with Crippen LogP contribution in [-0.2, 0) is 5.60 Å². The Hall–Kier alpha value is -3.63. The van der Waals surface area contributed by atoms with Gasteiger partial charge in [0.1, 0.15) is 11.6 Å². The van der Waals surface area contributed by atoms with E-state index in [0.29, 0.717) is 5.56 Å². The Kier molecular flexibility index (Phi) is 5.45. The number of carbonyl (C=O) groups is 2. The van der Waals surface area contributed by atoms with Gasteiger partial charge in [0.2, 0.25) is 0 Å². The highest BCUT2D eigenvalue weighted by Gasteiger charge is 2.50. The summed E-state index contributed by atoms with van der Waals surface area (Å²) in [6.07, 6.45) is -3.29. The van der Waals surface area contributed by atoms with Gasteiger partial charge in [-0.3, -0.25) is 9.69 Å². The van der Waals surface area contributed by atoms with Crippen molar-refractivity contribution in [1.82, 2.24) is 5.32 Å². The number of nitrogens with zero attached hydrogens (tertiary/aromatic N) is 1. The number of hydrogen-bond donors (Lipinski definition) is 3. The van der Waals surface area contributed by atoms with E-state index in [0.717, 1.165) is 35.2 Å². The normalized spacial score (nSPS) is 20.6. The largest absolute Gasteiger partial charge is 0.377 e. The van der Waals surface area contributed by atoms with Crippen molar-refractivity contribution in [3.05, 3.63) is 93.5 Å². The van der Waals surface area contributed by atoms with Gasteiger partial charge < -0.3 is 15.7 Å². The van der Waals surface area contributed by atoms with Crippen molar-refractivity contribution in [2.45, 2.75) is 18.1 Å². The number of alkyl halides is 2. The van der Waals surface area contributed by atoms with E-state index in [1.165, 1.54) is 24.3 Å². The highest BCUT2D eigenvalue weighted by Crippen LogP contribution is 2.44. The Labute approximate surface area is 201 Å². The molecule has 0 aliphatic carbocycles. The van der Waals surface area contributed by atoms with Gasteiger partial charge in [-0.05, 0) is 48.5 Å². The van der Waals surface area contributed by atoms with E-state index in [1.807, 2.05) is 0 Å². The van der Waals surface area contributed by atoms with Crippen molar-refractivity contribution < 1.29 is 32.3 Å². The van der Waals surface area contributed by atoms with Gasteiger partial charge in [0.15, 0.2) is 5.60 Å². The van der Waals surface area contributed by atoms with Crippen LogP contribution < -0.4 is 15.5 Å². The van der Waals surface area contributed by atoms with Crippen LogP contribution in [0.25, 0.3) is 0 Å². The second-order valence-electron chi connectivity index (χ2n) is 8.24. The van der Waals surface area contributed by atoms with Crippen molar-refractivity contribution in [3.8, 4) is 0 Å². The fourth-order valence-electron chi connectivity index (χ4n) is 4.49. The lowest BCUT2D eigenvalue weighted by molar-refractivity contribution is -0.0892. The molecule has 180 valence electrons.